The summed E-state index contributed by atoms with van der Waals surface area (Å²) in [6.45, 7) is 8.24. The number of H-pyrrole nitrogens is 1. The number of fused-ring (bicyclic) bond motifs is 1. The maximum Gasteiger partial charge on any atom is 0.267 e. The Morgan fingerprint density at radius 3 is 2.59 bits per heavy atom. The molecule has 0 radical (unpaired) electrons. The van der Waals surface area contributed by atoms with Crippen LogP contribution >= 0.6 is 23.6 Å². The van der Waals surface area contributed by atoms with Gasteiger partial charge in [0.25, 0.3) is 5.56 Å². The minimum absolute atomic E-state index is 0.0248. The maximum atomic E-state index is 13.0. The molecule has 0 unspecified atom stereocenters. The van der Waals surface area contributed by atoms with Gasteiger partial charge in [-0.25, -0.2) is 0 Å². The molecule has 3 nitrogen and oxygen atoms in total. The topological polar surface area (TPSA) is 37.8 Å². The van der Waals surface area contributed by atoms with Gasteiger partial charge in [-0.2, -0.15) is 0 Å². The maximum absolute atomic E-state index is 13.0. The predicted octanol–water partition coefficient (Wildman–Crippen LogP) is 4.60. The Morgan fingerprint density at radius 2 is 1.95 bits per heavy atom. The highest BCUT2D eigenvalue weighted by Gasteiger charge is 2.15. The number of aromatic nitrogens is 2. The summed E-state index contributed by atoms with van der Waals surface area (Å²) in [7, 11) is 0. The molecule has 114 valence electrons. The Kier molecular flexibility index (Phi) is 3.78. The van der Waals surface area contributed by atoms with E-state index in [2.05, 4.69) is 25.8 Å². The Bertz CT molecular complexity index is 992. The first-order valence-electron chi connectivity index (χ1n) is 7.29. The summed E-state index contributed by atoms with van der Waals surface area (Å²) in [5.41, 5.74) is 4.27. The van der Waals surface area contributed by atoms with Crippen LogP contribution in [0, 0.1) is 25.5 Å². The van der Waals surface area contributed by atoms with Gasteiger partial charge < -0.3 is 4.98 Å². The lowest BCUT2D eigenvalue weighted by atomic mass is 10.1. The molecule has 2 heterocycles. The van der Waals surface area contributed by atoms with Gasteiger partial charge >= 0.3 is 0 Å². The second kappa shape index (κ2) is 5.48. The van der Waals surface area contributed by atoms with Crippen molar-refractivity contribution >= 4 is 33.8 Å². The van der Waals surface area contributed by atoms with Crippen LogP contribution < -0.4 is 5.56 Å². The fraction of sp³-hybridized carbons (Fsp3) is 0.294. The Hall–Kier alpha value is -1.72. The van der Waals surface area contributed by atoms with Gasteiger partial charge in [-0.1, -0.05) is 13.0 Å². The number of rotatable bonds is 2. The quantitative estimate of drug-likeness (QED) is 0.697. The molecular formula is C17H18N2OS2. The molecular weight excluding hydrogens is 312 g/mol. The van der Waals surface area contributed by atoms with E-state index in [0.29, 0.717) is 4.77 Å². The second-order valence-electron chi connectivity index (χ2n) is 5.53. The molecule has 0 fully saturated rings. The van der Waals surface area contributed by atoms with E-state index in [1.165, 1.54) is 10.4 Å². The smallest absolute Gasteiger partial charge is 0.267 e. The zero-order chi connectivity index (χ0) is 16.0. The third-order valence-corrected chi connectivity index (χ3v) is 5.50. The van der Waals surface area contributed by atoms with Crippen LogP contribution in [0.4, 0.5) is 0 Å². The molecule has 3 rings (SSSR count). The zero-order valence-corrected chi connectivity index (χ0v) is 14.7. The van der Waals surface area contributed by atoms with Crippen molar-refractivity contribution in [3.8, 4) is 5.69 Å². The fourth-order valence-corrected chi connectivity index (χ4v) is 4.27. The van der Waals surface area contributed by atoms with E-state index >= 15 is 0 Å². The van der Waals surface area contributed by atoms with Crippen molar-refractivity contribution in [2.45, 2.75) is 34.1 Å². The molecule has 0 saturated carbocycles. The molecule has 5 heteroatoms. The fourth-order valence-electron chi connectivity index (χ4n) is 2.77. The van der Waals surface area contributed by atoms with Crippen molar-refractivity contribution < 1.29 is 0 Å². The average molecular weight is 330 g/mol. The summed E-state index contributed by atoms with van der Waals surface area (Å²) in [6, 6.07) is 5.98. The van der Waals surface area contributed by atoms with Crippen molar-refractivity contribution in [2.75, 3.05) is 0 Å². The summed E-state index contributed by atoms with van der Waals surface area (Å²) < 4.78 is 2.06. The molecule has 2 aromatic heterocycles. The normalized spacial score (nSPS) is 11.3. The number of nitrogens with zero attached hydrogens (tertiary/aromatic N) is 1. The van der Waals surface area contributed by atoms with Crippen LogP contribution in [0.15, 0.2) is 23.0 Å². The number of nitrogens with one attached hydrogen (secondary N) is 1. The minimum Gasteiger partial charge on any atom is -0.323 e. The van der Waals surface area contributed by atoms with Crippen LogP contribution in [-0.2, 0) is 6.42 Å². The number of benzene rings is 1. The van der Waals surface area contributed by atoms with E-state index < -0.39 is 0 Å². The lowest BCUT2D eigenvalue weighted by Gasteiger charge is -2.09. The van der Waals surface area contributed by atoms with Crippen molar-refractivity contribution in [3.05, 3.63) is 54.9 Å². The van der Waals surface area contributed by atoms with Gasteiger partial charge in [-0.15, -0.1) is 11.3 Å². The second-order valence-corrected chi connectivity index (χ2v) is 7.15. The standard InChI is InChI=1S/C17H18N2OS2/c1-5-13-11(4)22-15-14(13)16(20)19(17(21)18-15)12-7-6-9(2)10(3)8-12/h6-8H,5H2,1-4H3,(H,18,21). The van der Waals surface area contributed by atoms with Gasteiger partial charge in [0.1, 0.15) is 4.83 Å². The largest absolute Gasteiger partial charge is 0.323 e. The van der Waals surface area contributed by atoms with Gasteiger partial charge in [-0.3, -0.25) is 9.36 Å². The van der Waals surface area contributed by atoms with Gasteiger partial charge in [0.05, 0.1) is 11.1 Å². The Balaban J connectivity index is 2.41. The van der Waals surface area contributed by atoms with Crippen molar-refractivity contribution in [3.63, 3.8) is 0 Å². The minimum atomic E-state index is -0.0248. The van der Waals surface area contributed by atoms with Crippen molar-refractivity contribution in [1.29, 1.82) is 0 Å². The highest BCUT2D eigenvalue weighted by Crippen LogP contribution is 2.27. The first-order valence-corrected chi connectivity index (χ1v) is 8.51. The van der Waals surface area contributed by atoms with E-state index in [1.54, 1.807) is 15.9 Å². The molecule has 0 amide bonds. The van der Waals surface area contributed by atoms with Gasteiger partial charge in [-0.05, 0) is 68.2 Å². The third kappa shape index (κ3) is 2.25. The van der Waals surface area contributed by atoms with E-state index in [1.807, 2.05) is 25.1 Å². The third-order valence-electron chi connectivity index (χ3n) is 4.15. The molecule has 0 aliphatic heterocycles. The SMILES string of the molecule is CCc1c(C)sc2[nH]c(=S)n(-c3ccc(C)c(C)c3)c(=O)c12. The Morgan fingerprint density at radius 1 is 1.23 bits per heavy atom. The van der Waals surface area contributed by atoms with Gasteiger partial charge in [0.15, 0.2) is 4.77 Å². The van der Waals surface area contributed by atoms with Crippen molar-refractivity contribution in [2.24, 2.45) is 0 Å². The van der Waals surface area contributed by atoms with Crippen LogP contribution in [0.5, 0.6) is 0 Å². The van der Waals surface area contributed by atoms with E-state index in [-0.39, 0.29) is 5.56 Å². The molecule has 1 aromatic carbocycles. The zero-order valence-electron chi connectivity index (χ0n) is 13.1. The number of thiophene rings is 1. The first-order chi connectivity index (χ1) is 10.4. The molecule has 0 spiro atoms. The number of hydrogen-bond donors (Lipinski definition) is 1. The van der Waals surface area contributed by atoms with E-state index in [9.17, 15) is 4.79 Å². The average Bonchev–Trinajstić information content (AvgIpc) is 2.78. The van der Waals surface area contributed by atoms with E-state index in [0.717, 1.165) is 33.5 Å². The summed E-state index contributed by atoms with van der Waals surface area (Å²) in [6.07, 6.45) is 0.846. The van der Waals surface area contributed by atoms with Gasteiger partial charge in [0, 0.05) is 4.88 Å². The van der Waals surface area contributed by atoms with Crippen LogP contribution in [0.2, 0.25) is 0 Å². The first kappa shape index (κ1) is 15.2. The van der Waals surface area contributed by atoms with Crippen molar-refractivity contribution in [1.82, 2.24) is 9.55 Å². The number of aryl methyl sites for hydroxylation is 4. The predicted molar refractivity (Wildman–Crippen MR) is 96.2 cm³/mol. The lowest BCUT2D eigenvalue weighted by molar-refractivity contribution is 0.936. The molecule has 0 aliphatic carbocycles. The number of hydrogen-bond acceptors (Lipinski definition) is 3. The molecule has 0 aliphatic rings. The highest BCUT2D eigenvalue weighted by atomic mass is 32.1. The summed E-state index contributed by atoms with van der Waals surface area (Å²) >= 11 is 7.03. The molecule has 1 N–H and O–H groups in total. The van der Waals surface area contributed by atoms with Crippen LogP contribution in [0.1, 0.15) is 28.5 Å². The molecule has 0 atom stereocenters. The molecule has 0 bridgehead atoms. The number of aromatic amines is 1. The lowest BCUT2D eigenvalue weighted by Crippen LogP contribution is -2.20. The molecule has 0 saturated heterocycles. The van der Waals surface area contributed by atoms with Crippen LogP contribution in [0.25, 0.3) is 15.9 Å². The van der Waals surface area contributed by atoms with Crippen LogP contribution in [-0.4, -0.2) is 9.55 Å². The Labute approximate surface area is 138 Å². The van der Waals surface area contributed by atoms with E-state index in [4.69, 9.17) is 12.2 Å². The van der Waals surface area contributed by atoms with Crippen LogP contribution in [0.3, 0.4) is 0 Å². The highest BCUT2D eigenvalue weighted by molar-refractivity contribution is 7.71. The van der Waals surface area contributed by atoms with Gasteiger partial charge in [0.2, 0.25) is 0 Å². The summed E-state index contributed by atoms with van der Waals surface area (Å²) in [5, 5.41) is 0.775. The monoisotopic (exact) mass is 330 g/mol. The molecule has 22 heavy (non-hydrogen) atoms. The summed E-state index contributed by atoms with van der Waals surface area (Å²) in [5.74, 6) is 0. The molecule has 3 aromatic rings. The summed E-state index contributed by atoms with van der Waals surface area (Å²) in [4.78, 5) is 18.3.